The van der Waals surface area contributed by atoms with E-state index in [-0.39, 0.29) is 23.9 Å². The third-order valence-corrected chi connectivity index (χ3v) is 4.17. The number of furan rings is 1. The average molecular weight is 329 g/mol. The van der Waals surface area contributed by atoms with Crippen LogP contribution >= 0.6 is 0 Å². The SMILES string of the molecule is Cc1cccn(CC(=O)N2CCN(C(=O)c3ccco3)CC2)c1=O. The minimum absolute atomic E-state index is 0.0205. The lowest BCUT2D eigenvalue weighted by atomic mass is 10.2. The topological polar surface area (TPSA) is 75.8 Å². The van der Waals surface area contributed by atoms with Gasteiger partial charge in [0.25, 0.3) is 11.5 Å². The van der Waals surface area contributed by atoms with Crippen LogP contribution in [0.25, 0.3) is 0 Å². The minimum atomic E-state index is -0.165. The van der Waals surface area contributed by atoms with Crippen molar-refractivity contribution in [1.29, 1.82) is 0 Å². The summed E-state index contributed by atoms with van der Waals surface area (Å²) >= 11 is 0. The van der Waals surface area contributed by atoms with E-state index in [2.05, 4.69) is 0 Å². The molecule has 1 fully saturated rings. The normalized spacial score (nSPS) is 14.7. The van der Waals surface area contributed by atoms with E-state index in [0.29, 0.717) is 37.5 Å². The number of hydrogen-bond acceptors (Lipinski definition) is 4. The van der Waals surface area contributed by atoms with Crippen LogP contribution in [0.15, 0.2) is 45.9 Å². The number of nitrogens with zero attached hydrogens (tertiary/aromatic N) is 3. The van der Waals surface area contributed by atoms with Gasteiger partial charge in [0.15, 0.2) is 5.76 Å². The van der Waals surface area contributed by atoms with E-state index in [9.17, 15) is 14.4 Å². The summed E-state index contributed by atoms with van der Waals surface area (Å²) in [7, 11) is 0. The van der Waals surface area contributed by atoms with Gasteiger partial charge in [-0.25, -0.2) is 0 Å². The monoisotopic (exact) mass is 329 g/mol. The van der Waals surface area contributed by atoms with Gasteiger partial charge in [-0.3, -0.25) is 14.4 Å². The lowest BCUT2D eigenvalue weighted by molar-refractivity contribution is -0.133. The molecule has 24 heavy (non-hydrogen) atoms. The van der Waals surface area contributed by atoms with Gasteiger partial charge in [0, 0.05) is 37.9 Å². The van der Waals surface area contributed by atoms with E-state index in [1.807, 2.05) is 0 Å². The Bertz CT molecular complexity index is 786. The molecule has 0 saturated carbocycles. The maximum atomic E-state index is 12.4. The molecule has 0 spiro atoms. The van der Waals surface area contributed by atoms with Gasteiger partial charge in [0.1, 0.15) is 6.54 Å². The molecule has 1 aliphatic heterocycles. The van der Waals surface area contributed by atoms with Crippen LogP contribution in [0.3, 0.4) is 0 Å². The molecule has 7 heteroatoms. The first-order valence-corrected chi connectivity index (χ1v) is 7.83. The van der Waals surface area contributed by atoms with Crippen molar-refractivity contribution in [2.75, 3.05) is 26.2 Å². The first kappa shape index (κ1) is 16.0. The van der Waals surface area contributed by atoms with Crippen molar-refractivity contribution >= 4 is 11.8 Å². The molecule has 3 heterocycles. The van der Waals surface area contributed by atoms with Crippen LogP contribution in [0.4, 0.5) is 0 Å². The van der Waals surface area contributed by atoms with Crippen LogP contribution in [0, 0.1) is 6.92 Å². The molecule has 0 radical (unpaired) electrons. The Morgan fingerprint density at radius 2 is 1.79 bits per heavy atom. The molecule has 0 aromatic carbocycles. The Morgan fingerprint density at radius 3 is 2.46 bits per heavy atom. The molecule has 0 bridgehead atoms. The second-order valence-electron chi connectivity index (χ2n) is 5.77. The van der Waals surface area contributed by atoms with E-state index in [4.69, 9.17) is 4.42 Å². The minimum Gasteiger partial charge on any atom is -0.459 e. The summed E-state index contributed by atoms with van der Waals surface area (Å²) in [6, 6.07) is 6.78. The summed E-state index contributed by atoms with van der Waals surface area (Å²) in [5.74, 6) is 0.0240. The second-order valence-corrected chi connectivity index (χ2v) is 5.77. The van der Waals surface area contributed by atoms with Gasteiger partial charge in [-0.2, -0.15) is 0 Å². The quantitative estimate of drug-likeness (QED) is 0.832. The highest BCUT2D eigenvalue weighted by Gasteiger charge is 2.26. The molecule has 2 aromatic rings. The van der Waals surface area contributed by atoms with Crippen molar-refractivity contribution < 1.29 is 14.0 Å². The first-order valence-electron chi connectivity index (χ1n) is 7.83. The van der Waals surface area contributed by atoms with Crippen LogP contribution in [0.1, 0.15) is 16.1 Å². The summed E-state index contributed by atoms with van der Waals surface area (Å²) in [5, 5.41) is 0. The number of piperazine rings is 1. The van der Waals surface area contributed by atoms with Crippen molar-refractivity contribution in [3.63, 3.8) is 0 Å². The summed E-state index contributed by atoms with van der Waals surface area (Å²) < 4.78 is 6.53. The smallest absolute Gasteiger partial charge is 0.289 e. The molecule has 0 aliphatic carbocycles. The molecular formula is C17H19N3O4. The lowest BCUT2D eigenvalue weighted by Gasteiger charge is -2.34. The van der Waals surface area contributed by atoms with E-state index in [1.54, 1.807) is 47.2 Å². The zero-order valence-corrected chi connectivity index (χ0v) is 13.5. The number of carbonyl (C=O) groups excluding carboxylic acids is 2. The standard InChI is InChI=1S/C17H19N3O4/c1-13-4-2-6-20(16(13)22)12-15(21)18-7-9-19(10-8-18)17(23)14-5-3-11-24-14/h2-6,11H,7-10,12H2,1H3. The van der Waals surface area contributed by atoms with E-state index < -0.39 is 0 Å². The maximum absolute atomic E-state index is 12.4. The molecule has 3 rings (SSSR count). The summed E-state index contributed by atoms with van der Waals surface area (Å²) in [5.41, 5.74) is 0.455. The number of aryl methyl sites for hydroxylation is 1. The Balaban J connectivity index is 1.58. The van der Waals surface area contributed by atoms with Crippen molar-refractivity contribution in [1.82, 2.24) is 14.4 Å². The van der Waals surface area contributed by atoms with E-state index in [1.165, 1.54) is 10.8 Å². The molecule has 1 saturated heterocycles. The predicted molar refractivity (Wildman–Crippen MR) is 86.6 cm³/mol. The Labute approximate surface area is 139 Å². The predicted octanol–water partition coefficient (Wildman–Crippen LogP) is 0.734. The van der Waals surface area contributed by atoms with Crippen LogP contribution in [-0.4, -0.2) is 52.4 Å². The summed E-state index contributed by atoms with van der Waals surface area (Å²) in [6.07, 6.45) is 3.08. The Kier molecular flexibility index (Phi) is 4.50. The molecule has 0 atom stereocenters. The number of pyridine rings is 1. The van der Waals surface area contributed by atoms with E-state index >= 15 is 0 Å². The van der Waals surface area contributed by atoms with Crippen molar-refractivity contribution in [3.05, 3.63) is 58.4 Å². The fourth-order valence-electron chi connectivity index (χ4n) is 2.74. The Hall–Kier alpha value is -2.83. The Morgan fingerprint density at radius 1 is 1.08 bits per heavy atom. The van der Waals surface area contributed by atoms with Crippen LogP contribution < -0.4 is 5.56 Å². The number of rotatable bonds is 3. The van der Waals surface area contributed by atoms with Gasteiger partial charge < -0.3 is 18.8 Å². The first-order chi connectivity index (χ1) is 11.6. The van der Waals surface area contributed by atoms with Gasteiger partial charge in [0.05, 0.1) is 6.26 Å². The zero-order valence-electron chi connectivity index (χ0n) is 13.5. The molecule has 2 amide bonds. The molecule has 126 valence electrons. The van der Waals surface area contributed by atoms with Gasteiger partial charge in [-0.15, -0.1) is 0 Å². The van der Waals surface area contributed by atoms with Crippen LogP contribution in [0.5, 0.6) is 0 Å². The third-order valence-electron chi connectivity index (χ3n) is 4.17. The highest BCUT2D eigenvalue weighted by molar-refractivity contribution is 5.91. The van der Waals surface area contributed by atoms with Gasteiger partial charge >= 0.3 is 0 Å². The summed E-state index contributed by atoms with van der Waals surface area (Å²) in [6.45, 7) is 3.55. The molecule has 1 aliphatic rings. The molecule has 7 nitrogen and oxygen atoms in total. The molecule has 0 N–H and O–H groups in total. The lowest BCUT2D eigenvalue weighted by Crippen LogP contribution is -2.51. The second kappa shape index (κ2) is 6.74. The number of amides is 2. The van der Waals surface area contributed by atoms with Gasteiger partial charge in [-0.1, -0.05) is 6.07 Å². The van der Waals surface area contributed by atoms with E-state index in [0.717, 1.165) is 0 Å². The highest BCUT2D eigenvalue weighted by atomic mass is 16.3. The fourth-order valence-corrected chi connectivity index (χ4v) is 2.74. The number of aromatic nitrogens is 1. The zero-order chi connectivity index (χ0) is 17.1. The molecular weight excluding hydrogens is 310 g/mol. The van der Waals surface area contributed by atoms with Crippen molar-refractivity contribution in [3.8, 4) is 0 Å². The molecule has 0 unspecified atom stereocenters. The number of hydrogen-bond donors (Lipinski definition) is 0. The van der Waals surface area contributed by atoms with Crippen molar-refractivity contribution in [2.45, 2.75) is 13.5 Å². The average Bonchev–Trinajstić information content (AvgIpc) is 3.13. The van der Waals surface area contributed by atoms with Gasteiger partial charge in [-0.05, 0) is 25.1 Å². The maximum Gasteiger partial charge on any atom is 0.289 e. The largest absolute Gasteiger partial charge is 0.459 e. The highest BCUT2D eigenvalue weighted by Crippen LogP contribution is 2.09. The molecule has 2 aromatic heterocycles. The third kappa shape index (κ3) is 3.24. The van der Waals surface area contributed by atoms with Crippen molar-refractivity contribution in [2.24, 2.45) is 0 Å². The van der Waals surface area contributed by atoms with Crippen LogP contribution in [0.2, 0.25) is 0 Å². The van der Waals surface area contributed by atoms with Crippen LogP contribution in [-0.2, 0) is 11.3 Å². The van der Waals surface area contributed by atoms with Gasteiger partial charge in [0.2, 0.25) is 5.91 Å². The number of carbonyl (C=O) groups is 2. The summed E-state index contributed by atoms with van der Waals surface area (Å²) in [4.78, 5) is 39.9. The fraction of sp³-hybridized carbons (Fsp3) is 0.353.